The number of carbonyl (C=O) groups excluding carboxylic acids is 1. The summed E-state index contributed by atoms with van der Waals surface area (Å²) >= 11 is 0. The molecule has 0 aliphatic heterocycles. The molecule has 2 aromatic heterocycles. The lowest BCUT2D eigenvalue weighted by Crippen LogP contribution is -2.07. The molecule has 3 aromatic rings. The van der Waals surface area contributed by atoms with Crippen LogP contribution >= 0.6 is 0 Å². The first-order valence-corrected chi connectivity index (χ1v) is 6.73. The Morgan fingerprint density at radius 3 is 2.75 bits per heavy atom. The largest absolute Gasteiger partial charge is 0.348 e. The van der Waals surface area contributed by atoms with Crippen molar-refractivity contribution in [2.24, 2.45) is 7.05 Å². The molecule has 0 spiro atoms. The summed E-state index contributed by atoms with van der Waals surface area (Å²) < 4.78 is 1.86. The Morgan fingerprint density at radius 1 is 1.10 bits per heavy atom. The van der Waals surface area contributed by atoms with E-state index in [4.69, 9.17) is 0 Å². The molecule has 0 fully saturated rings. The van der Waals surface area contributed by atoms with Gasteiger partial charge in [0.05, 0.1) is 11.2 Å². The van der Waals surface area contributed by atoms with Crippen molar-refractivity contribution in [1.29, 1.82) is 0 Å². The van der Waals surface area contributed by atoms with Crippen LogP contribution in [0.1, 0.15) is 22.6 Å². The predicted octanol–water partition coefficient (Wildman–Crippen LogP) is 3.39. The number of para-hydroxylation sites is 1. The molecule has 0 N–H and O–H groups in total. The van der Waals surface area contributed by atoms with Gasteiger partial charge in [0.1, 0.15) is 0 Å². The van der Waals surface area contributed by atoms with Crippen molar-refractivity contribution in [3.8, 4) is 0 Å². The number of hydrogen-bond donors (Lipinski definition) is 0. The molecular weight excluding hydrogens is 248 g/mol. The summed E-state index contributed by atoms with van der Waals surface area (Å²) in [5, 5.41) is 1.13. The first-order chi connectivity index (χ1) is 9.74. The van der Waals surface area contributed by atoms with E-state index in [1.807, 2.05) is 60.3 Å². The standard InChI is InChI=1S/C17H16N2O/c1-19-12-4-7-16(19)17(20)11-10-14-9-8-13-5-2-3-6-15(13)18-14/h2-9,12H,10-11H2,1H3. The molecule has 3 heteroatoms. The second-order valence-electron chi connectivity index (χ2n) is 4.92. The molecule has 0 saturated heterocycles. The number of nitrogens with zero attached hydrogens (tertiary/aromatic N) is 2. The summed E-state index contributed by atoms with van der Waals surface area (Å²) in [6, 6.07) is 15.8. The average Bonchev–Trinajstić information content (AvgIpc) is 2.91. The van der Waals surface area contributed by atoms with E-state index in [0.29, 0.717) is 12.8 Å². The van der Waals surface area contributed by atoms with Crippen LogP contribution in [0.25, 0.3) is 10.9 Å². The Bertz CT molecular complexity index is 758. The van der Waals surface area contributed by atoms with Crippen LogP contribution in [0.5, 0.6) is 0 Å². The number of pyridine rings is 1. The first-order valence-electron chi connectivity index (χ1n) is 6.73. The molecule has 1 aromatic carbocycles. The van der Waals surface area contributed by atoms with Crippen LogP contribution in [0.3, 0.4) is 0 Å². The SMILES string of the molecule is Cn1cccc1C(=O)CCc1ccc2ccccc2n1. The van der Waals surface area contributed by atoms with E-state index in [-0.39, 0.29) is 5.78 Å². The molecule has 0 unspecified atom stereocenters. The fourth-order valence-corrected chi connectivity index (χ4v) is 2.37. The monoisotopic (exact) mass is 264 g/mol. The summed E-state index contributed by atoms with van der Waals surface area (Å²) in [6.45, 7) is 0. The Hall–Kier alpha value is -2.42. The quantitative estimate of drug-likeness (QED) is 0.677. The van der Waals surface area contributed by atoms with Gasteiger partial charge in [-0.15, -0.1) is 0 Å². The van der Waals surface area contributed by atoms with Crippen LogP contribution in [-0.2, 0) is 13.5 Å². The maximum absolute atomic E-state index is 12.1. The fourth-order valence-electron chi connectivity index (χ4n) is 2.37. The van der Waals surface area contributed by atoms with Crippen LogP contribution < -0.4 is 0 Å². The Labute approximate surface area is 117 Å². The second kappa shape index (κ2) is 5.29. The molecule has 0 atom stereocenters. The molecule has 20 heavy (non-hydrogen) atoms. The second-order valence-corrected chi connectivity index (χ2v) is 4.92. The summed E-state index contributed by atoms with van der Waals surface area (Å²) in [7, 11) is 1.89. The zero-order valence-corrected chi connectivity index (χ0v) is 11.4. The van der Waals surface area contributed by atoms with Crippen LogP contribution in [0.15, 0.2) is 54.7 Å². The maximum Gasteiger partial charge on any atom is 0.179 e. The molecule has 0 bridgehead atoms. The molecule has 0 amide bonds. The molecule has 0 radical (unpaired) electrons. The molecule has 100 valence electrons. The number of hydrogen-bond acceptors (Lipinski definition) is 2. The highest BCUT2D eigenvalue weighted by Crippen LogP contribution is 2.13. The summed E-state index contributed by atoms with van der Waals surface area (Å²) in [4.78, 5) is 16.7. The number of aryl methyl sites for hydroxylation is 2. The van der Waals surface area contributed by atoms with Crippen LogP contribution in [0.2, 0.25) is 0 Å². The van der Waals surface area contributed by atoms with Gasteiger partial charge in [0.25, 0.3) is 0 Å². The van der Waals surface area contributed by atoms with Gasteiger partial charge in [-0.2, -0.15) is 0 Å². The van der Waals surface area contributed by atoms with Gasteiger partial charge < -0.3 is 4.57 Å². The number of fused-ring (bicyclic) bond motifs is 1. The highest BCUT2D eigenvalue weighted by atomic mass is 16.1. The van der Waals surface area contributed by atoms with E-state index in [2.05, 4.69) is 11.1 Å². The van der Waals surface area contributed by atoms with Gasteiger partial charge in [0, 0.05) is 30.7 Å². The summed E-state index contributed by atoms with van der Waals surface area (Å²) in [5.74, 6) is 0.160. The van der Waals surface area contributed by atoms with Gasteiger partial charge in [-0.25, -0.2) is 0 Å². The highest BCUT2D eigenvalue weighted by molar-refractivity contribution is 5.94. The average molecular weight is 264 g/mol. The molecule has 3 rings (SSSR count). The number of carbonyl (C=O) groups is 1. The summed E-state index contributed by atoms with van der Waals surface area (Å²) in [6.07, 6.45) is 3.06. The fraction of sp³-hybridized carbons (Fsp3) is 0.176. The van der Waals surface area contributed by atoms with E-state index in [0.717, 1.165) is 22.3 Å². The van der Waals surface area contributed by atoms with Crippen LogP contribution in [-0.4, -0.2) is 15.3 Å². The molecule has 2 heterocycles. The third-order valence-electron chi connectivity index (χ3n) is 3.49. The molecule has 0 saturated carbocycles. The Kier molecular flexibility index (Phi) is 3.33. The first kappa shape index (κ1) is 12.6. The van der Waals surface area contributed by atoms with Crippen LogP contribution in [0, 0.1) is 0 Å². The maximum atomic E-state index is 12.1. The van der Waals surface area contributed by atoms with E-state index in [1.54, 1.807) is 0 Å². The zero-order chi connectivity index (χ0) is 13.9. The molecule has 0 aliphatic rings. The topological polar surface area (TPSA) is 34.9 Å². The van der Waals surface area contributed by atoms with Crippen molar-refractivity contribution in [3.63, 3.8) is 0 Å². The lowest BCUT2D eigenvalue weighted by Gasteiger charge is -2.04. The van der Waals surface area contributed by atoms with Crippen molar-refractivity contribution in [3.05, 3.63) is 66.1 Å². The molecular formula is C17H16N2O. The zero-order valence-electron chi connectivity index (χ0n) is 11.4. The van der Waals surface area contributed by atoms with Crippen molar-refractivity contribution in [1.82, 2.24) is 9.55 Å². The van der Waals surface area contributed by atoms with Crippen LogP contribution in [0.4, 0.5) is 0 Å². The van der Waals surface area contributed by atoms with Gasteiger partial charge in [0.2, 0.25) is 0 Å². The van der Waals surface area contributed by atoms with Crippen molar-refractivity contribution in [2.75, 3.05) is 0 Å². The number of rotatable bonds is 4. The highest BCUT2D eigenvalue weighted by Gasteiger charge is 2.09. The third-order valence-corrected chi connectivity index (χ3v) is 3.49. The third kappa shape index (κ3) is 2.48. The number of aromatic nitrogens is 2. The van der Waals surface area contributed by atoms with Gasteiger partial charge in [-0.3, -0.25) is 9.78 Å². The molecule has 0 aliphatic carbocycles. The van der Waals surface area contributed by atoms with E-state index < -0.39 is 0 Å². The lowest BCUT2D eigenvalue weighted by atomic mass is 10.1. The van der Waals surface area contributed by atoms with Gasteiger partial charge in [-0.05, 0) is 30.7 Å². The number of benzene rings is 1. The Morgan fingerprint density at radius 2 is 1.95 bits per heavy atom. The number of ketones is 1. The summed E-state index contributed by atoms with van der Waals surface area (Å²) in [5.41, 5.74) is 2.70. The van der Waals surface area contributed by atoms with Gasteiger partial charge >= 0.3 is 0 Å². The van der Waals surface area contributed by atoms with Crippen molar-refractivity contribution >= 4 is 16.7 Å². The van der Waals surface area contributed by atoms with E-state index >= 15 is 0 Å². The number of Topliss-reactive ketones (excluding diaryl/α,β-unsaturated/α-hetero) is 1. The van der Waals surface area contributed by atoms with Crippen molar-refractivity contribution < 1.29 is 4.79 Å². The predicted molar refractivity (Wildman–Crippen MR) is 79.8 cm³/mol. The normalized spacial score (nSPS) is 10.8. The smallest absolute Gasteiger partial charge is 0.179 e. The minimum absolute atomic E-state index is 0.160. The lowest BCUT2D eigenvalue weighted by molar-refractivity contribution is 0.0974. The minimum Gasteiger partial charge on any atom is -0.348 e. The van der Waals surface area contributed by atoms with E-state index in [1.165, 1.54) is 0 Å². The van der Waals surface area contributed by atoms with Crippen molar-refractivity contribution in [2.45, 2.75) is 12.8 Å². The Balaban J connectivity index is 1.74. The molecule has 3 nitrogen and oxygen atoms in total. The van der Waals surface area contributed by atoms with E-state index in [9.17, 15) is 4.79 Å². The minimum atomic E-state index is 0.160. The van der Waals surface area contributed by atoms with Gasteiger partial charge in [0.15, 0.2) is 5.78 Å². The van der Waals surface area contributed by atoms with Gasteiger partial charge in [-0.1, -0.05) is 24.3 Å².